The Hall–Kier alpha value is -1.26. The van der Waals surface area contributed by atoms with E-state index in [-0.39, 0.29) is 23.6 Å². The normalized spacial score (nSPS) is 23.0. The van der Waals surface area contributed by atoms with E-state index < -0.39 is 0 Å². The summed E-state index contributed by atoms with van der Waals surface area (Å²) >= 11 is 5.96. The number of phenolic OH excluding ortho intramolecular Hbond substituents is 1. The zero-order chi connectivity index (χ0) is 13.2. The fourth-order valence-electron chi connectivity index (χ4n) is 2.00. The Morgan fingerprint density at radius 2 is 2.39 bits per heavy atom. The quantitative estimate of drug-likeness (QED) is 0.881. The molecule has 0 saturated carbocycles. The van der Waals surface area contributed by atoms with Crippen molar-refractivity contribution in [3.63, 3.8) is 0 Å². The molecule has 0 bridgehead atoms. The van der Waals surface area contributed by atoms with Crippen LogP contribution in [-0.2, 0) is 16.0 Å². The zero-order valence-corrected chi connectivity index (χ0v) is 11.0. The van der Waals surface area contributed by atoms with Crippen molar-refractivity contribution in [1.29, 1.82) is 0 Å². The van der Waals surface area contributed by atoms with Gasteiger partial charge in [0, 0.05) is 11.6 Å². The topological polar surface area (TPSA) is 58.6 Å². The number of hydrogen-bond acceptors (Lipinski definition) is 3. The highest BCUT2D eigenvalue weighted by Crippen LogP contribution is 2.23. The van der Waals surface area contributed by atoms with Gasteiger partial charge in [-0.15, -0.1) is 0 Å². The third-order valence-electron chi connectivity index (χ3n) is 3.05. The van der Waals surface area contributed by atoms with Gasteiger partial charge < -0.3 is 15.2 Å². The van der Waals surface area contributed by atoms with E-state index in [1.54, 1.807) is 6.07 Å². The van der Waals surface area contributed by atoms with Crippen molar-refractivity contribution in [1.82, 2.24) is 5.32 Å². The number of halogens is 1. The fourth-order valence-corrected chi connectivity index (χ4v) is 2.24. The van der Waals surface area contributed by atoms with Gasteiger partial charge in [0.25, 0.3) is 0 Å². The highest BCUT2D eigenvalue weighted by atomic mass is 35.5. The van der Waals surface area contributed by atoms with Crippen LogP contribution >= 0.6 is 11.6 Å². The van der Waals surface area contributed by atoms with Gasteiger partial charge >= 0.3 is 0 Å². The van der Waals surface area contributed by atoms with Crippen molar-refractivity contribution in [2.24, 2.45) is 0 Å². The third kappa shape index (κ3) is 3.15. The summed E-state index contributed by atoms with van der Waals surface area (Å²) in [7, 11) is 0. The Morgan fingerprint density at radius 3 is 3.00 bits per heavy atom. The van der Waals surface area contributed by atoms with Gasteiger partial charge in [-0.1, -0.05) is 17.7 Å². The molecule has 18 heavy (non-hydrogen) atoms. The lowest BCUT2D eigenvalue weighted by molar-refractivity contribution is -0.122. The molecule has 1 aromatic rings. The monoisotopic (exact) mass is 269 g/mol. The summed E-state index contributed by atoms with van der Waals surface area (Å²) in [5, 5.41) is 12.6. The molecule has 1 atom stereocenters. The molecule has 2 N–H and O–H groups in total. The molecule has 0 aromatic heterocycles. The van der Waals surface area contributed by atoms with Gasteiger partial charge in [0.15, 0.2) is 0 Å². The predicted molar refractivity (Wildman–Crippen MR) is 68.8 cm³/mol. The number of phenols is 1. The van der Waals surface area contributed by atoms with E-state index in [1.165, 1.54) is 12.1 Å². The smallest absolute Gasteiger partial charge is 0.224 e. The van der Waals surface area contributed by atoms with Crippen LogP contribution in [0.2, 0.25) is 5.02 Å². The second kappa shape index (κ2) is 5.16. The first kappa shape index (κ1) is 13.2. The van der Waals surface area contributed by atoms with Crippen LogP contribution in [0.25, 0.3) is 0 Å². The molecule has 1 fully saturated rings. The van der Waals surface area contributed by atoms with Crippen molar-refractivity contribution < 1.29 is 14.6 Å². The van der Waals surface area contributed by atoms with E-state index in [1.807, 2.05) is 6.92 Å². The summed E-state index contributed by atoms with van der Waals surface area (Å²) in [6.45, 7) is 3.19. The molecule has 4 nitrogen and oxygen atoms in total. The molecule has 0 spiro atoms. The van der Waals surface area contributed by atoms with Crippen LogP contribution in [-0.4, -0.2) is 29.8 Å². The van der Waals surface area contributed by atoms with E-state index in [4.69, 9.17) is 16.3 Å². The zero-order valence-electron chi connectivity index (χ0n) is 10.2. The van der Waals surface area contributed by atoms with Crippen molar-refractivity contribution >= 4 is 17.5 Å². The molecule has 0 aliphatic carbocycles. The summed E-state index contributed by atoms with van der Waals surface area (Å²) in [6, 6.07) is 4.62. The van der Waals surface area contributed by atoms with Gasteiger partial charge in [0.1, 0.15) is 5.75 Å². The number of carbonyl (C=O) groups is 1. The molecule has 98 valence electrons. The largest absolute Gasteiger partial charge is 0.508 e. The maximum Gasteiger partial charge on any atom is 0.224 e. The van der Waals surface area contributed by atoms with Crippen molar-refractivity contribution in [2.45, 2.75) is 25.3 Å². The maximum atomic E-state index is 11.9. The van der Waals surface area contributed by atoms with Crippen LogP contribution < -0.4 is 5.32 Å². The molecule has 5 heteroatoms. The van der Waals surface area contributed by atoms with E-state index in [0.29, 0.717) is 23.8 Å². The van der Waals surface area contributed by atoms with Gasteiger partial charge in [-0.05, 0) is 31.0 Å². The Kier molecular flexibility index (Phi) is 3.78. The second-order valence-corrected chi connectivity index (χ2v) is 5.27. The summed E-state index contributed by atoms with van der Waals surface area (Å²) in [5.74, 6) is 0.0101. The van der Waals surface area contributed by atoms with Crippen LogP contribution in [0.3, 0.4) is 0 Å². The number of benzene rings is 1. The van der Waals surface area contributed by atoms with Crippen LogP contribution in [0.1, 0.15) is 18.9 Å². The minimum atomic E-state index is -0.277. The predicted octanol–water partition coefficient (Wildman–Crippen LogP) is 1.88. The molecule has 2 rings (SSSR count). The molecule has 1 saturated heterocycles. The molecule has 1 aliphatic heterocycles. The first-order valence-corrected chi connectivity index (χ1v) is 6.22. The lowest BCUT2D eigenvalue weighted by atomic mass is 10.0. The van der Waals surface area contributed by atoms with Gasteiger partial charge in [0.05, 0.1) is 18.6 Å². The molecular weight excluding hydrogens is 254 g/mol. The molecule has 0 radical (unpaired) electrons. The Balaban J connectivity index is 1.98. The standard InChI is InChI=1S/C13H16ClNO3/c1-13(4-5-18-8-13)15-12(17)6-9-2-3-10(16)7-11(9)14/h2-3,7,16H,4-6,8H2,1H3,(H,15,17). The minimum Gasteiger partial charge on any atom is -0.508 e. The Labute approximate surface area is 111 Å². The van der Waals surface area contributed by atoms with Crippen LogP contribution in [0.4, 0.5) is 0 Å². The van der Waals surface area contributed by atoms with Crippen molar-refractivity contribution in [3.05, 3.63) is 28.8 Å². The second-order valence-electron chi connectivity index (χ2n) is 4.86. The lowest BCUT2D eigenvalue weighted by Gasteiger charge is -2.23. The molecule has 1 aliphatic rings. The van der Waals surface area contributed by atoms with Crippen LogP contribution in [0.5, 0.6) is 5.75 Å². The number of carbonyl (C=O) groups excluding carboxylic acids is 1. The Morgan fingerprint density at radius 1 is 1.61 bits per heavy atom. The number of ether oxygens (including phenoxy) is 1. The fraction of sp³-hybridized carbons (Fsp3) is 0.462. The lowest BCUT2D eigenvalue weighted by Crippen LogP contribution is -2.47. The number of rotatable bonds is 3. The van der Waals surface area contributed by atoms with E-state index in [0.717, 1.165) is 6.42 Å². The number of hydrogen-bond donors (Lipinski definition) is 2. The number of nitrogens with one attached hydrogen (secondary N) is 1. The first-order chi connectivity index (χ1) is 8.48. The molecule has 1 heterocycles. The van der Waals surface area contributed by atoms with Crippen LogP contribution in [0, 0.1) is 0 Å². The maximum absolute atomic E-state index is 11.9. The van der Waals surface area contributed by atoms with Gasteiger partial charge in [-0.3, -0.25) is 4.79 Å². The first-order valence-electron chi connectivity index (χ1n) is 5.85. The van der Waals surface area contributed by atoms with Crippen molar-refractivity contribution in [2.75, 3.05) is 13.2 Å². The minimum absolute atomic E-state index is 0.0874. The van der Waals surface area contributed by atoms with Gasteiger partial charge in [0.2, 0.25) is 5.91 Å². The average molecular weight is 270 g/mol. The third-order valence-corrected chi connectivity index (χ3v) is 3.40. The summed E-state index contributed by atoms with van der Waals surface area (Å²) in [5.41, 5.74) is 0.426. The van der Waals surface area contributed by atoms with Crippen LogP contribution in [0.15, 0.2) is 18.2 Å². The molecule has 1 amide bonds. The van der Waals surface area contributed by atoms with Gasteiger partial charge in [-0.2, -0.15) is 0 Å². The average Bonchev–Trinajstić information content (AvgIpc) is 2.69. The summed E-state index contributed by atoms with van der Waals surface area (Å²) in [6.07, 6.45) is 1.02. The molecule has 1 aromatic carbocycles. The highest BCUT2D eigenvalue weighted by molar-refractivity contribution is 6.31. The van der Waals surface area contributed by atoms with E-state index in [2.05, 4.69) is 5.32 Å². The van der Waals surface area contributed by atoms with Gasteiger partial charge in [-0.25, -0.2) is 0 Å². The summed E-state index contributed by atoms with van der Waals surface area (Å²) < 4.78 is 5.28. The van der Waals surface area contributed by atoms with E-state index >= 15 is 0 Å². The molecular formula is C13H16ClNO3. The van der Waals surface area contributed by atoms with Crippen molar-refractivity contribution in [3.8, 4) is 5.75 Å². The SMILES string of the molecule is CC1(NC(=O)Cc2ccc(O)cc2Cl)CCOC1. The van der Waals surface area contributed by atoms with E-state index in [9.17, 15) is 9.90 Å². The summed E-state index contributed by atoms with van der Waals surface area (Å²) in [4.78, 5) is 11.9. The number of amides is 1. The highest BCUT2D eigenvalue weighted by Gasteiger charge is 2.31. The number of aromatic hydroxyl groups is 1. The molecule has 1 unspecified atom stereocenters. The Bertz CT molecular complexity index is 456.